The summed E-state index contributed by atoms with van der Waals surface area (Å²) in [5.41, 5.74) is 1.53. The van der Waals surface area contributed by atoms with Crippen molar-refractivity contribution >= 4 is 22.6 Å². The number of benzene rings is 1. The molecule has 0 amide bonds. The van der Waals surface area contributed by atoms with Crippen LogP contribution in [0.2, 0.25) is 0 Å². The zero-order valence-electron chi connectivity index (χ0n) is 6.95. The van der Waals surface area contributed by atoms with E-state index >= 15 is 0 Å². The molecule has 0 aliphatic rings. The minimum absolute atomic E-state index is 0.371. The lowest BCUT2D eigenvalue weighted by atomic mass is 10.2. The highest BCUT2D eigenvalue weighted by Crippen LogP contribution is 2.19. The normalized spacial score (nSPS) is 12.6. The third kappa shape index (κ3) is 1.87. The van der Waals surface area contributed by atoms with Gasteiger partial charge in [-0.15, -0.1) is 5.10 Å². The van der Waals surface area contributed by atoms with Crippen LogP contribution in [0, 0.1) is 0 Å². The topological polar surface area (TPSA) is 63.1 Å². The fourth-order valence-electron chi connectivity index (χ4n) is 1.05. The molecule has 2 rings (SSSR count). The highest BCUT2D eigenvalue weighted by molar-refractivity contribution is 7.79. The average Bonchev–Trinajstić information content (AvgIpc) is 2.71. The SMILES string of the molecule is O=S(O)c1cccc(-c2csnn2)c1. The predicted molar refractivity (Wildman–Crippen MR) is 54.4 cm³/mol. The third-order valence-corrected chi connectivity index (χ3v) is 2.85. The summed E-state index contributed by atoms with van der Waals surface area (Å²) >= 11 is -0.696. The van der Waals surface area contributed by atoms with Crippen LogP contribution < -0.4 is 0 Å². The summed E-state index contributed by atoms with van der Waals surface area (Å²) in [6.07, 6.45) is 0. The second kappa shape index (κ2) is 3.95. The quantitative estimate of drug-likeness (QED) is 0.793. The van der Waals surface area contributed by atoms with Crippen LogP contribution >= 0.6 is 11.5 Å². The van der Waals surface area contributed by atoms with Crippen LogP contribution in [0.3, 0.4) is 0 Å². The summed E-state index contributed by atoms with van der Waals surface area (Å²) in [7, 11) is 0. The van der Waals surface area contributed by atoms with Gasteiger partial charge in [0.05, 0.1) is 4.90 Å². The zero-order valence-corrected chi connectivity index (χ0v) is 8.59. The van der Waals surface area contributed by atoms with Crippen molar-refractivity contribution in [3.63, 3.8) is 0 Å². The van der Waals surface area contributed by atoms with E-state index in [0.29, 0.717) is 4.90 Å². The summed E-state index contributed by atoms with van der Waals surface area (Å²) in [4.78, 5) is 0.371. The van der Waals surface area contributed by atoms with Crippen molar-refractivity contribution in [2.75, 3.05) is 0 Å². The van der Waals surface area contributed by atoms with Gasteiger partial charge in [0.2, 0.25) is 0 Å². The van der Waals surface area contributed by atoms with Gasteiger partial charge in [0.25, 0.3) is 0 Å². The Hall–Kier alpha value is -1.11. The molecule has 1 aromatic heterocycles. The minimum atomic E-state index is -1.95. The first-order valence-corrected chi connectivity index (χ1v) is 5.70. The molecule has 72 valence electrons. The van der Waals surface area contributed by atoms with Gasteiger partial charge in [-0.25, -0.2) is 4.21 Å². The molecule has 4 nitrogen and oxygen atoms in total. The molecule has 2 aromatic rings. The van der Waals surface area contributed by atoms with Crippen molar-refractivity contribution in [3.05, 3.63) is 29.6 Å². The second-order valence-electron chi connectivity index (χ2n) is 2.57. The number of nitrogens with zero attached hydrogens (tertiary/aromatic N) is 2. The van der Waals surface area contributed by atoms with Crippen molar-refractivity contribution in [2.24, 2.45) is 0 Å². The Bertz CT molecular complexity index is 456. The lowest BCUT2D eigenvalue weighted by Gasteiger charge is -1.97. The van der Waals surface area contributed by atoms with Crippen LogP contribution in [0.15, 0.2) is 34.5 Å². The first-order valence-electron chi connectivity index (χ1n) is 3.76. The summed E-state index contributed by atoms with van der Waals surface area (Å²) in [5, 5.41) is 5.67. The summed E-state index contributed by atoms with van der Waals surface area (Å²) < 4.78 is 23.4. The molecule has 0 aliphatic carbocycles. The van der Waals surface area contributed by atoms with Gasteiger partial charge in [-0.2, -0.15) is 0 Å². The molecular weight excluding hydrogens is 220 g/mol. The first-order chi connectivity index (χ1) is 6.77. The molecule has 0 fully saturated rings. The van der Waals surface area contributed by atoms with Crippen molar-refractivity contribution in [1.29, 1.82) is 0 Å². The Morgan fingerprint density at radius 3 is 2.93 bits per heavy atom. The van der Waals surface area contributed by atoms with Gasteiger partial charge in [0.15, 0.2) is 11.1 Å². The Labute approximate surface area is 87.1 Å². The van der Waals surface area contributed by atoms with E-state index in [-0.39, 0.29) is 0 Å². The van der Waals surface area contributed by atoms with Crippen molar-refractivity contribution in [2.45, 2.75) is 4.90 Å². The first kappa shape index (κ1) is 9.45. The summed E-state index contributed by atoms with van der Waals surface area (Å²) in [5.74, 6) is 0. The minimum Gasteiger partial charge on any atom is -0.302 e. The maximum Gasteiger partial charge on any atom is 0.186 e. The fourth-order valence-corrected chi connectivity index (χ4v) is 1.94. The van der Waals surface area contributed by atoms with Gasteiger partial charge in [0.1, 0.15) is 5.69 Å². The maximum absolute atomic E-state index is 10.8. The maximum atomic E-state index is 10.8. The van der Waals surface area contributed by atoms with Gasteiger partial charge < -0.3 is 4.55 Å². The standard InChI is InChI=1S/C8H6N2O2S2/c11-14(12)7-3-1-2-6(4-7)8-5-13-10-9-8/h1-5H,(H,11,12). The molecule has 1 aromatic carbocycles. The van der Waals surface area contributed by atoms with Crippen molar-refractivity contribution in [3.8, 4) is 11.3 Å². The van der Waals surface area contributed by atoms with E-state index in [0.717, 1.165) is 11.3 Å². The van der Waals surface area contributed by atoms with E-state index in [1.54, 1.807) is 23.6 Å². The van der Waals surface area contributed by atoms with Crippen LogP contribution in [-0.4, -0.2) is 18.3 Å². The molecule has 0 radical (unpaired) electrons. The average molecular weight is 226 g/mol. The molecule has 0 saturated heterocycles. The monoisotopic (exact) mass is 226 g/mol. The molecule has 1 heterocycles. The van der Waals surface area contributed by atoms with Crippen molar-refractivity contribution in [1.82, 2.24) is 9.59 Å². The Balaban J connectivity index is 2.46. The molecule has 0 saturated carbocycles. The molecular formula is C8H6N2O2S2. The summed E-state index contributed by atoms with van der Waals surface area (Å²) in [6, 6.07) is 6.78. The van der Waals surface area contributed by atoms with E-state index < -0.39 is 11.1 Å². The van der Waals surface area contributed by atoms with Gasteiger partial charge >= 0.3 is 0 Å². The van der Waals surface area contributed by atoms with E-state index in [2.05, 4.69) is 9.59 Å². The molecule has 14 heavy (non-hydrogen) atoms. The molecule has 0 aliphatic heterocycles. The number of aromatic nitrogens is 2. The van der Waals surface area contributed by atoms with Gasteiger partial charge in [-0.05, 0) is 23.7 Å². The van der Waals surface area contributed by atoms with Crippen LogP contribution in [0.4, 0.5) is 0 Å². The molecule has 0 spiro atoms. The van der Waals surface area contributed by atoms with Crippen LogP contribution in [0.5, 0.6) is 0 Å². The molecule has 6 heteroatoms. The zero-order chi connectivity index (χ0) is 9.97. The fraction of sp³-hybridized carbons (Fsp3) is 0. The van der Waals surface area contributed by atoms with E-state index in [1.807, 2.05) is 6.07 Å². The Kier molecular flexibility index (Phi) is 2.67. The Morgan fingerprint density at radius 1 is 1.43 bits per heavy atom. The molecule has 0 bridgehead atoms. The van der Waals surface area contributed by atoms with Crippen LogP contribution in [0.1, 0.15) is 0 Å². The molecule has 1 unspecified atom stereocenters. The van der Waals surface area contributed by atoms with Crippen LogP contribution in [-0.2, 0) is 11.1 Å². The van der Waals surface area contributed by atoms with Gasteiger partial charge in [0, 0.05) is 10.9 Å². The number of rotatable bonds is 2. The van der Waals surface area contributed by atoms with Crippen molar-refractivity contribution < 1.29 is 8.76 Å². The lowest BCUT2D eigenvalue weighted by molar-refractivity contribution is 0.564. The predicted octanol–water partition coefficient (Wildman–Crippen LogP) is 1.79. The highest BCUT2D eigenvalue weighted by Gasteiger charge is 2.04. The lowest BCUT2D eigenvalue weighted by Crippen LogP contribution is -1.88. The molecule has 1 atom stereocenters. The number of hydrogen-bond donors (Lipinski definition) is 1. The van der Waals surface area contributed by atoms with E-state index in [4.69, 9.17) is 4.55 Å². The largest absolute Gasteiger partial charge is 0.302 e. The van der Waals surface area contributed by atoms with Gasteiger partial charge in [-0.1, -0.05) is 16.6 Å². The summed E-state index contributed by atoms with van der Waals surface area (Å²) in [6.45, 7) is 0. The highest BCUT2D eigenvalue weighted by atomic mass is 32.2. The third-order valence-electron chi connectivity index (χ3n) is 1.69. The van der Waals surface area contributed by atoms with E-state index in [9.17, 15) is 4.21 Å². The Morgan fingerprint density at radius 2 is 2.29 bits per heavy atom. The van der Waals surface area contributed by atoms with Crippen LogP contribution in [0.25, 0.3) is 11.3 Å². The van der Waals surface area contributed by atoms with E-state index in [1.165, 1.54) is 11.5 Å². The molecule has 1 N–H and O–H groups in total. The van der Waals surface area contributed by atoms with Gasteiger partial charge in [-0.3, -0.25) is 0 Å². The second-order valence-corrected chi connectivity index (χ2v) is 4.15. The number of hydrogen-bond acceptors (Lipinski definition) is 4. The smallest absolute Gasteiger partial charge is 0.186 e.